The van der Waals surface area contributed by atoms with E-state index in [1.165, 1.54) is 0 Å². The van der Waals surface area contributed by atoms with Gasteiger partial charge in [0.1, 0.15) is 11.4 Å². The second kappa shape index (κ2) is 9.82. The maximum absolute atomic E-state index is 13.5. The van der Waals surface area contributed by atoms with Gasteiger partial charge in [0, 0.05) is 37.9 Å². The van der Waals surface area contributed by atoms with Gasteiger partial charge in [-0.25, -0.2) is 14.7 Å². The minimum atomic E-state index is -0.716. The molecule has 0 radical (unpaired) electrons. The summed E-state index contributed by atoms with van der Waals surface area (Å²) in [6.07, 6.45) is 2.90. The fourth-order valence-corrected chi connectivity index (χ4v) is 4.60. The molecule has 0 saturated carbocycles. The third-order valence-corrected chi connectivity index (χ3v) is 6.52. The minimum absolute atomic E-state index is 0.111. The Morgan fingerprint density at radius 1 is 1.00 bits per heavy atom. The summed E-state index contributed by atoms with van der Waals surface area (Å²) in [7, 11) is 2.13. The highest BCUT2D eigenvalue weighted by Gasteiger charge is 2.38. The van der Waals surface area contributed by atoms with E-state index in [-0.39, 0.29) is 6.54 Å². The summed E-state index contributed by atoms with van der Waals surface area (Å²) in [6.45, 7) is 9.41. The van der Waals surface area contributed by atoms with Gasteiger partial charge < -0.3 is 19.9 Å². The van der Waals surface area contributed by atoms with Crippen molar-refractivity contribution in [1.29, 1.82) is 0 Å². The number of amides is 2. The molecular formula is C28H32N6O3. The summed E-state index contributed by atoms with van der Waals surface area (Å²) in [5.74, 6) is 0.216. The molecular weight excluding hydrogens is 468 g/mol. The molecule has 192 valence electrons. The summed E-state index contributed by atoms with van der Waals surface area (Å²) < 4.78 is 5.51. The van der Waals surface area contributed by atoms with Crippen molar-refractivity contribution in [3.63, 3.8) is 0 Å². The van der Waals surface area contributed by atoms with E-state index in [1.807, 2.05) is 48.7 Å². The van der Waals surface area contributed by atoms with Crippen LogP contribution in [0.25, 0.3) is 11.3 Å². The van der Waals surface area contributed by atoms with Gasteiger partial charge in [0.2, 0.25) is 0 Å². The van der Waals surface area contributed by atoms with Crippen molar-refractivity contribution in [1.82, 2.24) is 19.8 Å². The van der Waals surface area contributed by atoms with Crippen molar-refractivity contribution >= 4 is 29.2 Å². The lowest BCUT2D eigenvalue weighted by Gasteiger charge is -2.33. The second-order valence-electron chi connectivity index (χ2n) is 10.4. The fraction of sp³-hybridized carbons (Fsp3) is 0.357. The number of nitrogens with zero attached hydrogens (tertiary/aromatic N) is 5. The third-order valence-electron chi connectivity index (χ3n) is 6.52. The van der Waals surface area contributed by atoms with Gasteiger partial charge in [-0.05, 0) is 63.7 Å². The van der Waals surface area contributed by atoms with Crippen LogP contribution < -0.4 is 10.2 Å². The number of nitrogens with one attached hydrogen (secondary N) is 1. The predicted molar refractivity (Wildman–Crippen MR) is 143 cm³/mol. The van der Waals surface area contributed by atoms with Crippen LogP contribution in [-0.4, -0.2) is 70.6 Å². The molecule has 0 atom stereocenters. The Hall–Kier alpha value is -3.98. The number of ether oxygens (including phenoxy) is 1. The maximum Gasteiger partial charge on any atom is 0.417 e. The number of rotatable bonds is 4. The summed E-state index contributed by atoms with van der Waals surface area (Å²) in [6, 6.07) is 13.4. The monoisotopic (exact) mass is 500 g/mol. The number of carbonyl (C=O) groups excluding carboxylic acids is 2. The number of fused-ring (bicyclic) bond motifs is 1. The molecule has 1 aromatic carbocycles. The molecule has 9 nitrogen and oxygen atoms in total. The van der Waals surface area contributed by atoms with Crippen molar-refractivity contribution in [2.75, 3.05) is 43.4 Å². The highest BCUT2D eigenvalue weighted by atomic mass is 16.6. The van der Waals surface area contributed by atoms with Gasteiger partial charge in [-0.15, -0.1) is 0 Å². The maximum atomic E-state index is 13.5. The van der Waals surface area contributed by atoms with Gasteiger partial charge in [-0.1, -0.05) is 12.1 Å². The summed E-state index contributed by atoms with van der Waals surface area (Å²) in [5.41, 5.74) is 3.64. The van der Waals surface area contributed by atoms with E-state index in [0.717, 1.165) is 53.6 Å². The number of benzene rings is 1. The van der Waals surface area contributed by atoms with Crippen LogP contribution >= 0.6 is 0 Å². The molecule has 2 aliphatic heterocycles. The van der Waals surface area contributed by atoms with Crippen LogP contribution in [0.4, 0.5) is 22.0 Å². The van der Waals surface area contributed by atoms with Crippen molar-refractivity contribution < 1.29 is 14.3 Å². The highest BCUT2D eigenvalue weighted by molar-refractivity contribution is 6.11. The van der Waals surface area contributed by atoms with E-state index in [4.69, 9.17) is 4.74 Å². The first-order valence-corrected chi connectivity index (χ1v) is 12.5. The average Bonchev–Trinajstić information content (AvgIpc) is 3.23. The molecule has 9 heteroatoms. The number of hydrogen-bond acceptors (Lipinski definition) is 8. The Morgan fingerprint density at radius 3 is 2.43 bits per heavy atom. The van der Waals surface area contributed by atoms with Crippen molar-refractivity contribution in [3.8, 4) is 11.3 Å². The number of anilines is 3. The molecule has 4 heterocycles. The van der Waals surface area contributed by atoms with Gasteiger partial charge in [0.25, 0.3) is 5.91 Å². The van der Waals surface area contributed by atoms with Gasteiger partial charge in [-0.3, -0.25) is 9.78 Å². The molecule has 2 amide bonds. The van der Waals surface area contributed by atoms with E-state index in [1.54, 1.807) is 27.0 Å². The van der Waals surface area contributed by atoms with Crippen molar-refractivity contribution in [2.45, 2.75) is 32.9 Å². The van der Waals surface area contributed by atoms with Crippen LogP contribution in [0.3, 0.4) is 0 Å². The third kappa shape index (κ3) is 5.27. The number of imide groups is 1. The Balaban J connectivity index is 1.45. The molecule has 3 aromatic rings. The van der Waals surface area contributed by atoms with E-state index in [2.05, 4.69) is 32.1 Å². The molecule has 5 rings (SSSR count). The number of aromatic nitrogens is 2. The van der Waals surface area contributed by atoms with Crippen LogP contribution in [-0.2, 0) is 11.3 Å². The van der Waals surface area contributed by atoms with E-state index < -0.39 is 17.6 Å². The summed E-state index contributed by atoms with van der Waals surface area (Å²) in [4.78, 5) is 41.3. The molecule has 0 aliphatic carbocycles. The first-order chi connectivity index (χ1) is 17.7. The normalized spacial score (nSPS) is 16.1. The van der Waals surface area contributed by atoms with Crippen LogP contribution in [0.5, 0.6) is 0 Å². The Labute approximate surface area is 217 Å². The topological polar surface area (TPSA) is 90.9 Å². The van der Waals surface area contributed by atoms with Crippen LogP contribution in [0.2, 0.25) is 0 Å². The molecule has 1 fully saturated rings. The molecule has 0 unspecified atom stereocenters. The smallest absolute Gasteiger partial charge is 0.417 e. The van der Waals surface area contributed by atoms with Gasteiger partial charge >= 0.3 is 6.09 Å². The molecule has 1 saturated heterocycles. The Kier molecular flexibility index (Phi) is 6.55. The van der Waals surface area contributed by atoms with Crippen LogP contribution in [0.1, 0.15) is 36.7 Å². The minimum Gasteiger partial charge on any atom is -0.443 e. The first kappa shape index (κ1) is 24.7. The number of carbonyl (C=O) groups is 2. The first-order valence-electron chi connectivity index (χ1n) is 12.5. The van der Waals surface area contributed by atoms with E-state index in [9.17, 15) is 9.59 Å². The lowest BCUT2D eigenvalue weighted by atomic mass is 9.98. The predicted octanol–water partition coefficient (Wildman–Crippen LogP) is 4.53. The zero-order valence-corrected chi connectivity index (χ0v) is 21.7. The van der Waals surface area contributed by atoms with Gasteiger partial charge in [-0.2, -0.15) is 0 Å². The second-order valence-corrected chi connectivity index (χ2v) is 10.4. The van der Waals surface area contributed by atoms with Crippen molar-refractivity contribution in [3.05, 3.63) is 66.0 Å². The molecule has 2 aliphatic rings. The van der Waals surface area contributed by atoms with Crippen LogP contribution in [0, 0.1) is 0 Å². The number of hydrogen-bond donors (Lipinski definition) is 1. The fourth-order valence-electron chi connectivity index (χ4n) is 4.60. The number of likely N-dealkylation sites (N-methyl/N-ethyl adjacent to an activating group) is 1. The zero-order chi connectivity index (χ0) is 26.2. The van der Waals surface area contributed by atoms with Crippen molar-refractivity contribution in [2.24, 2.45) is 0 Å². The molecule has 2 aromatic heterocycles. The molecule has 0 bridgehead atoms. The highest BCUT2D eigenvalue weighted by Crippen LogP contribution is 2.38. The number of pyridine rings is 2. The van der Waals surface area contributed by atoms with E-state index >= 15 is 0 Å². The largest absolute Gasteiger partial charge is 0.443 e. The van der Waals surface area contributed by atoms with E-state index in [0.29, 0.717) is 17.1 Å². The SMILES string of the molecule is CN1CCN(c2ccc(Nc3ccc(-c4ccccn4)c4c3C(=O)N(C(=O)OC(C)(C)C)C4)nc2)CC1. The van der Waals surface area contributed by atoms with Gasteiger partial charge in [0.15, 0.2) is 0 Å². The average molecular weight is 501 g/mol. The lowest BCUT2D eigenvalue weighted by Crippen LogP contribution is -2.44. The summed E-state index contributed by atoms with van der Waals surface area (Å²) in [5, 5.41) is 3.30. The Morgan fingerprint density at radius 2 is 1.78 bits per heavy atom. The molecule has 0 spiro atoms. The lowest BCUT2D eigenvalue weighted by molar-refractivity contribution is 0.0248. The van der Waals surface area contributed by atoms with Crippen LogP contribution in [0.15, 0.2) is 54.9 Å². The Bertz CT molecular complexity index is 1300. The molecule has 37 heavy (non-hydrogen) atoms. The quantitative estimate of drug-likeness (QED) is 0.559. The van der Waals surface area contributed by atoms with Gasteiger partial charge in [0.05, 0.1) is 35.4 Å². The molecule has 1 N–H and O–H groups in total. The number of piperazine rings is 1. The standard InChI is InChI=1S/C28H32N6O3/c1-28(2,3)37-27(36)34-18-21-20(22-7-5-6-12-29-22)9-10-23(25(21)26(34)35)31-24-11-8-19(17-30-24)33-15-13-32(4)14-16-33/h5-12,17H,13-16,18H2,1-4H3,(H,30,31). The summed E-state index contributed by atoms with van der Waals surface area (Å²) >= 11 is 0. The zero-order valence-electron chi connectivity index (χ0n) is 21.7.